The zero-order valence-corrected chi connectivity index (χ0v) is 14.9. The summed E-state index contributed by atoms with van der Waals surface area (Å²) in [5.41, 5.74) is 2.51. The molecule has 3 heterocycles. The Morgan fingerprint density at radius 3 is 2.80 bits per heavy atom. The predicted molar refractivity (Wildman–Crippen MR) is 89.0 cm³/mol. The number of halogens is 1. The van der Waals surface area contributed by atoms with Crippen LogP contribution in [0.25, 0.3) is 0 Å². The molecule has 0 N–H and O–H groups in total. The van der Waals surface area contributed by atoms with Gasteiger partial charge in [-0.05, 0) is 20.3 Å². The van der Waals surface area contributed by atoms with Gasteiger partial charge >= 0.3 is 0 Å². The minimum absolute atomic E-state index is 0.0418. The van der Waals surface area contributed by atoms with E-state index in [9.17, 15) is 9.18 Å². The summed E-state index contributed by atoms with van der Waals surface area (Å²) in [5, 5.41) is 4.29. The van der Waals surface area contributed by atoms with Gasteiger partial charge in [0, 0.05) is 25.7 Å². The van der Waals surface area contributed by atoms with Crippen LogP contribution in [-0.2, 0) is 13.5 Å². The average Bonchev–Trinajstić information content (AvgIpc) is 3.14. The fraction of sp³-hybridized carbons (Fsp3) is 0.529. The molecule has 1 saturated heterocycles. The van der Waals surface area contributed by atoms with Crippen LogP contribution in [0.5, 0.6) is 5.88 Å². The molecule has 7 nitrogen and oxygen atoms in total. The minimum Gasteiger partial charge on any atom is -0.470 e. The molecule has 1 aliphatic heterocycles. The zero-order valence-electron chi connectivity index (χ0n) is 14.9. The predicted octanol–water partition coefficient (Wildman–Crippen LogP) is 1.82. The SMILES string of the molecule is CCc1ncnc(OC2CCN(C(=O)c3c(C)nn(C)c3C)C2)c1F. The second kappa shape index (κ2) is 6.78. The van der Waals surface area contributed by atoms with Gasteiger partial charge in [-0.3, -0.25) is 9.48 Å². The first-order valence-electron chi connectivity index (χ1n) is 8.37. The van der Waals surface area contributed by atoms with Crippen molar-refractivity contribution in [2.24, 2.45) is 7.05 Å². The Morgan fingerprint density at radius 2 is 2.16 bits per heavy atom. The molecule has 1 aliphatic rings. The molecular weight excluding hydrogens is 325 g/mol. The second-order valence-electron chi connectivity index (χ2n) is 6.24. The molecule has 1 fully saturated rings. The molecule has 0 radical (unpaired) electrons. The average molecular weight is 347 g/mol. The number of aromatic nitrogens is 4. The maximum absolute atomic E-state index is 14.2. The molecule has 1 amide bonds. The molecule has 2 aromatic rings. The molecule has 25 heavy (non-hydrogen) atoms. The Bertz CT molecular complexity index is 805. The summed E-state index contributed by atoms with van der Waals surface area (Å²) in [6.07, 6.45) is 2.13. The van der Waals surface area contributed by atoms with Crippen LogP contribution in [0, 0.1) is 19.7 Å². The number of carbonyl (C=O) groups excluding carboxylic acids is 1. The number of nitrogens with zero attached hydrogens (tertiary/aromatic N) is 5. The fourth-order valence-corrected chi connectivity index (χ4v) is 3.12. The van der Waals surface area contributed by atoms with Crippen molar-refractivity contribution in [1.29, 1.82) is 0 Å². The first-order valence-corrected chi connectivity index (χ1v) is 8.37. The van der Waals surface area contributed by atoms with Crippen molar-refractivity contribution in [3.63, 3.8) is 0 Å². The van der Waals surface area contributed by atoms with Crippen LogP contribution in [0.2, 0.25) is 0 Å². The molecule has 8 heteroatoms. The Hall–Kier alpha value is -2.51. The number of carbonyl (C=O) groups is 1. The van der Waals surface area contributed by atoms with Crippen LogP contribution in [0.15, 0.2) is 6.33 Å². The van der Waals surface area contributed by atoms with Gasteiger partial charge in [0.2, 0.25) is 5.82 Å². The van der Waals surface area contributed by atoms with Gasteiger partial charge in [-0.2, -0.15) is 14.5 Å². The van der Waals surface area contributed by atoms with Crippen molar-refractivity contribution in [3.8, 4) is 5.88 Å². The van der Waals surface area contributed by atoms with Crippen LogP contribution in [0.1, 0.15) is 40.8 Å². The summed E-state index contributed by atoms with van der Waals surface area (Å²) in [5.74, 6) is -0.625. The maximum atomic E-state index is 14.2. The molecule has 3 rings (SSSR count). The van der Waals surface area contributed by atoms with Gasteiger partial charge in [-0.15, -0.1) is 0 Å². The number of amides is 1. The summed E-state index contributed by atoms with van der Waals surface area (Å²) in [6.45, 7) is 6.48. The highest BCUT2D eigenvalue weighted by Gasteiger charge is 2.31. The van der Waals surface area contributed by atoms with Crippen molar-refractivity contribution in [3.05, 3.63) is 34.8 Å². The van der Waals surface area contributed by atoms with Gasteiger partial charge in [0.1, 0.15) is 12.4 Å². The monoisotopic (exact) mass is 347 g/mol. The van der Waals surface area contributed by atoms with Crippen molar-refractivity contribution >= 4 is 5.91 Å². The number of aryl methyl sites for hydroxylation is 3. The van der Waals surface area contributed by atoms with E-state index in [2.05, 4.69) is 15.1 Å². The van der Waals surface area contributed by atoms with E-state index in [0.717, 1.165) is 5.69 Å². The Kier molecular flexibility index (Phi) is 4.69. The third kappa shape index (κ3) is 3.20. The minimum atomic E-state index is -0.520. The van der Waals surface area contributed by atoms with Crippen molar-refractivity contribution < 1.29 is 13.9 Å². The van der Waals surface area contributed by atoms with Gasteiger partial charge in [0.15, 0.2) is 0 Å². The van der Waals surface area contributed by atoms with E-state index in [0.29, 0.717) is 42.9 Å². The van der Waals surface area contributed by atoms with Crippen LogP contribution in [-0.4, -0.2) is 49.7 Å². The molecule has 0 bridgehead atoms. The van der Waals surface area contributed by atoms with E-state index in [-0.39, 0.29) is 17.9 Å². The van der Waals surface area contributed by atoms with E-state index in [4.69, 9.17) is 4.74 Å². The highest BCUT2D eigenvalue weighted by atomic mass is 19.1. The maximum Gasteiger partial charge on any atom is 0.257 e. The van der Waals surface area contributed by atoms with E-state index >= 15 is 0 Å². The summed E-state index contributed by atoms with van der Waals surface area (Å²) in [4.78, 5) is 22.3. The molecule has 134 valence electrons. The van der Waals surface area contributed by atoms with Crippen LogP contribution in [0.3, 0.4) is 0 Å². The summed E-state index contributed by atoms with van der Waals surface area (Å²) < 4.78 is 21.6. The molecule has 1 atom stereocenters. The highest BCUT2D eigenvalue weighted by molar-refractivity contribution is 5.96. The Balaban J connectivity index is 1.71. The molecule has 0 spiro atoms. The first-order chi connectivity index (χ1) is 11.9. The van der Waals surface area contributed by atoms with Crippen molar-refractivity contribution in [1.82, 2.24) is 24.6 Å². The van der Waals surface area contributed by atoms with E-state index in [1.807, 2.05) is 27.8 Å². The Morgan fingerprint density at radius 1 is 1.40 bits per heavy atom. The largest absolute Gasteiger partial charge is 0.470 e. The highest BCUT2D eigenvalue weighted by Crippen LogP contribution is 2.23. The van der Waals surface area contributed by atoms with Crippen molar-refractivity contribution in [2.45, 2.75) is 39.7 Å². The molecule has 0 aliphatic carbocycles. The van der Waals surface area contributed by atoms with Gasteiger partial charge in [0.25, 0.3) is 11.8 Å². The summed E-state index contributed by atoms with van der Waals surface area (Å²) in [6, 6.07) is 0. The standard InChI is InChI=1S/C17H22FN5O2/c1-5-13-15(18)16(20-9-19-13)25-12-6-7-23(8-12)17(24)14-10(2)21-22(4)11(14)3/h9,12H,5-8H2,1-4H3. The van der Waals surface area contributed by atoms with Crippen LogP contribution >= 0.6 is 0 Å². The lowest BCUT2D eigenvalue weighted by Crippen LogP contribution is -2.31. The molecule has 0 aromatic carbocycles. The fourth-order valence-electron chi connectivity index (χ4n) is 3.12. The number of likely N-dealkylation sites (tertiary alicyclic amines) is 1. The lowest BCUT2D eigenvalue weighted by Gasteiger charge is -2.17. The third-order valence-corrected chi connectivity index (χ3v) is 4.60. The topological polar surface area (TPSA) is 73.1 Å². The molecule has 1 unspecified atom stereocenters. The normalized spacial score (nSPS) is 17.2. The number of hydrogen-bond acceptors (Lipinski definition) is 5. The van der Waals surface area contributed by atoms with E-state index < -0.39 is 5.82 Å². The lowest BCUT2D eigenvalue weighted by atomic mass is 10.2. The van der Waals surface area contributed by atoms with Gasteiger partial charge in [-0.25, -0.2) is 4.98 Å². The van der Waals surface area contributed by atoms with Gasteiger partial charge in [-0.1, -0.05) is 6.92 Å². The summed E-state index contributed by atoms with van der Waals surface area (Å²) >= 11 is 0. The van der Waals surface area contributed by atoms with Crippen molar-refractivity contribution in [2.75, 3.05) is 13.1 Å². The second-order valence-corrected chi connectivity index (χ2v) is 6.24. The Labute approximate surface area is 145 Å². The van der Waals surface area contributed by atoms with Crippen LogP contribution < -0.4 is 4.74 Å². The molecular formula is C17H22FN5O2. The van der Waals surface area contributed by atoms with Gasteiger partial charge < -0.3 is 9.64 Å². The third-order valence-electron chi connectivity index (χ3n) is 4.60. The van der Waals surface area contributed by atoms with Gasteiger partial charge in [0.05, 0.1) is 23.5 Å². The molecule has 2 aromatic heterocycles. The van der Waals surface area contributed by atoms with E-state index in [1.54, 1.807) is 9.58 Å². The number of ether oxygens (including phenoxy) is 1. The summed E-state index contributed by atoms with van der Waals surface area (Å²) in [7, 11) is 1.82. The number of rotatable bonds is 4. The van der Waals surface area contributed by atoms with E-state index in [1.165, 1.54) is 6.33 Å². The lowest BCUT2D eigenvalue weighted by molar-refractivity contribution is 0.0768. The molecule has 0 saturated carbocycles. The first kappa shape index (κ1) is 17.3. The quantitative estimate of drug-likeness (QED) is 0.843. The zero-order chi connectivity index (χ0) is 18.1. The van der Waals surface area contributed by atoms with Crippen LogP contribution in [0.4, 0.5) is 4.39 Å². The number of hydrogen-bond donors (Lipinski definition) is 0. The smallest absolute Gasteiger partial charge is 0.257 e.